The average Bonchev–Trinajstić information content (AvgIpc) is 3.32. The first-order valence-corrected chi connectivity index (χ1v) is 9.64. The predicted molar refractivity (Wildman–Crippen MR) is 109 cm³/mol. The van der Waals surface area contributed by atoms with Gasteiger partial charge in [-0.25, -0.2) is 0 Å². The second kappa shape index (κ2) is 7.63. The lowest BCUT2D eigenvalue weighted by Gasteiger charge is -2.07. The van der Waals surface area contributed by atoms with Crippen LogP contribution in [0.4, 0.5) is 5.82 Å². The lowest BCUT2D eigenvalue weighted by molar-refractivity contribution is -0.115. The van der Waals surface area contributed by atoms with Crippen molar-refractivity contribution < 1.29 is 9.53 Å². The van der Waals surface area contributed by atoms with Crippen molar-refractivity contribution in [2.24, 2.45) is 0 Å². The number of thiophene rings is 1. The van der Waals surface area contributed by atoms with Crippen LogP contribution < -0.4 is 10.1 Å². The zero-order valence-electron chi connectivity index (χ0n) is 14.9. The molecule has 0 unspecified atom stereocenters. The predicted octanol–water partition coefficient (Wildman–Crippen LogP) is 4.87. The number of nitrogens with one attached hydrogen (secondary N) is 2. The number of H-pyrrole nitrogens is 1. The molecule has 0 aliphatic heterocycles. The fraction of sp³-hybridized carbons (Fsp3) is 0.143. The zero-order valence-corrected chi connectivity index (χ0v) is 15.7. The molecular weight excluding hydrogens is 358 g/mol. The Hall–Kier alpha value is -3.12. The third kappa shape index (κ3) is 3.85. The fourth-order valence-electron chi connectivity index (χ4n) is 2.97. The molecule has 0 aliphatic carbocycles. The third-order valence-electron chi connectivity index (χ3n) is 4.21. The van der Waals surface area contributed by atoms with Crippen LogP contribution in [-0.2, 0) is 11.2 Å². The van der Waals surface area contributed by atoms with Gasteiger partial charge in [-0.2, -0.15) is 5.10 Å². The molecule has 0 aliphatic rings. The van der Waals surface area contributed by atoms with Crippen LogP contribution in [0.3, 0.4) is 0 Å². The Morgan fingerprint density at radius 1 is 1.15 bits per heavy atom. The SMILES string of the molecule is CCOc1cccc(-c2ccc3c(NC(=O)Cc4cccs4)n[nH]c3c2)c1. The van der Waals surface area contributed by atoms with E-state index in [0.29, 0.717) is 18.8 Å². The number of hydrogen-bond donors (Lipinski definition) is 2. The van der Waals surface area contributed by atoms with Crippen molar-refractivity contribution in [2.45, 2.75) is 13.3 Å². The van der Waals surface area contributed by atoms with Crippen molar-refractivity contribution in [1.29, 1.82) is 0 Å². The van der Waals surface area contributed by atoms with E-state index in [1.54, 1.807) is 11.3 Å². The summed E-state index contributed by atoms with van der Waals surface area (Å²) in [6, 6.07) is 17.9. The topological polar surface area (TPSA) is 67.0 Å². The summed E-state index contributed by atoms with van der Waals surface area (Å²) >= 11 is 1.57. The van der Waals surface area contributed by atoms with Crippen LogP contribution in [0.15, 0.2) is 60.0 Å². The zero-order chi connectivity index (χ0) is 18.6. The summed E-state index contributed by atoms with van der Waals surface area (Å²) in [7, 11) is 0. The first-order valence-electron chi connectivity index (χ1n) is 8.76. The van der Waals surface area contributed by atoms with E-state index in [9.17, 15) is 4.79 Å². The van der Waals surface area contributed by atoms with Gasteiger partial charge in [-0.05, 0) is 53.8 Å². The summed E-state index contributed by atoms with van der Waals surface area (Å²) < 4.78 is 5.58. The van der Waals surface area contributed by atoms with Crippen LogP contribution in [-0.4, -0.2) is 22.7 Å². The van der Waals surface area contributed by atoms with Gasteiger partial charge in [0.05, 0.1) is 18.5 Å². The molecule has 136 valence electrons. The van der Waals surface area contributed by atoms with Crippen LogP contribution >= 0.6 is 11.3 Å². The van der Waals surface area contributed by atoms with Crippen molar-refractivity contribution in [1.82, 2.24) is 10.2 Å². The maximum absolute atomic E-state index is 12.2. The van der Waals surface area contributed by atoms with Gasteiger partial charge in [0.15, 0.2) is 5.82 Å². The van der Waals surface area contributed by atoms with Crippen LogP contribution in [0.5, 0.6) is 5.75 Å². The van der Waals surface area contributed by atoms with E-state index in [0.717, 1.165) is 32.7 Å². The molecule has 1 amide bonds. The standard InChI is InChI=1S/C21H19N3O2S/c1-2-26-16-6-3-5-14(11-16)15-8-9-18-19(12-15)23-24-21(18)22-20(25)13-17-7-4-10-27-17/h3-12H,2,13H2,1H3,(H2,22,23,24,25). The molecule has 4 aromatic rings. The lowest BCUT2D eigenvalue weighted by Crippen LogP contribution is -2.14. The van der Waals surface area contributed by atoms with E-state index in [1.807, 2.05) is 66.9 Å². The lowest BCUT2D eigenvalue weighted by atomic mass is 10.0. The summed E-state index contributed by atoms with van der Waals surface area (Å²) in [5.74, 6) is 1.33. The fourth-order valence-corrected chi connectivity index (χ4v) is 3.68. The number of carbonyl (C=O) groups is 1. The minimum atomic E-state index is -0.0701. The van der Waals surface area contributed by atoms with Gasteiger partial charge in [-0.15, -0.1) is 11.3 Å². The summed E-state index contributed by atoms with van der Waals surface area (Å²) in [5.41, 5.74) is 3.01. The molecule has 5 nitrogen and oxygen atoms in total. The number of anilines is 1. The molecule has 27 heavy (non-hydrogen) atoms. The van der Waals surface area contributed by atoms with Gasteiger partial charge < -0.3 is 10.1 Å². The smallest absolute Gasteiger partial charge is 0.230 e. The third-order valence-corrected chi connectivity index (χ3v) is 5.09. The van der Waals surface area contributed by atoms with Crippen molar-refractivity contribution in [3.8, 4) is 16.9 Å². The molecule has 0 saturated carbocycles. The molecule has 0 fully saturated rings. The second-order valence-corrected chi connectivity index (χ2v) is 7.13. The van der Waals surface area contributed by atoms with Crippen LogP contribution in [0.2, 0.25) is 0 Å². The number of aromatic amines is 1. The van der Waals surface area contributed by atoms with Gasteiger partial charge in [-0.1, -0.05) is 24.3 Å². The Morgan fingerprint density at radius 2 is 2.04 bits per heavy atom. The normalized spacial score (nSPS) is 10.9. The highest BCUT2D eigenvalue weighted by atomic mass is 32.1. The van der Waals surface area contributed by atoms with Gasteiger partial charge in [-0.3, -0.25) is 9.89 Å². The average molecular weight is 377 g/mol. The Balaban J connectivity index is 1.56. The molecule has 0 saturated heterocycles. The number of fused-ring (bicyclic) bond motifs is 1. The number of hydrogen-bond acceptors (Lipinski definition) is 4. The van der Waals surface area contributed by atoms with Gasteiger partial charge >= 0.3 is 0 Å². The Kier molecular flexibility index (Phi) is 4.89. The van der Waals surface area contributed by atoms with Crippen LogP contribution in [0.1, 0.15) is 11.8 Å². The molecule has 2 aromatic carbocycles. The monoisotopic (exact) mass is 377 g/mol. The van der Waals surface area contributed by atoms with Gasteiger partial charge in [0.2, 0.25) is 5.91 Å². The van der Waals surface area contributed by atoms with Gasteiger partial charge in [0.25, 0.3) is 0 Å². The highest BCUT2D eigenvalue weighted by molar-refractivity contribution is 7.10. The molecule has 6 heteroatoms. The Bertz CT molecular complexity index is 1070. The molecule has 0 spiro atoms. The van der Waals surface area contributed by atoms with Gasteiger partial charge in [0.1, 0.15) is 5.75 Å². The van der Waals surface area contributed by atoms with E-state index in [-0.39, 0.29) is 5.91 Å². The first-order chi connectivity index (χ1) is 13.2. The number of amides is 1. The summed E-state index contributed by atoms with van der Waals surface area (Å²) in [6.07, 6.45) is 0.355. The van der Waals surface area contributed by atoms with E-state index < -0.39 is 0 Å². The minimum Gasteiger partial charge on any atom is -0.494 e. The molecular formula is C21H19N3O2S. The van der Waals surface area contributed by atoms with E-state index in [2.05, 4.69) is 15.5 Å². The second-order valence-electron chi connectivity index (χ2n) is 6.10. The largest absolute Gasteiger partial charge is 0.494 e. The molecule has 2 aromatic heterocycles. The summed E-state index contributed by atoms with van der Waals surface area (Å²) in [5, 5.41) is 13.0. The Morgan fingerprint density at radius 3 is 2.85 bits per heavy atom. The summed E-state index contributed by atoms with van der Waals surface area (Å²) in [6.45, 7) is 2.61. The summed E-state index contributed by atoms with van der Waals surface area (Å²) in [4.78, 5) is 13.3. The number of aromatic nitrogens is 2. The van der Waals surface area contributed by atoms with Crippen molar-refractivity contribution in [3.63, 3.8) is 0 Å². The number of benzene rings is 2. The molecule has 2 N–H and O–H groups in total. The quantitative estimate of drug-likeness (QED) is 0.504. The number of carbonyl (C=O) groups excluding carboxylic acids is 1. The maximum atomic E-state index is 12.2. The highest BCUT2D eigenvalue weighted by Crippen LogP contribution is 2.29. The molecule has 2 heterocycles. The van der Waals surface area contributed by atoms with E-state index >= 15 is 0 Å². The van der Waals surface area contributed by atoms with E-state index in [1.165, 1.54) is 0 Å². The number of rotatable bonds is 6. The van der Waals surface area contributed by atoms with Gasteiger partial charge in [0, 0.05) is 10.3 Å². The van der Waals surface area contributed by atoms with Crippen molar-refractivity contribution in [3.05, 3.63) is 64.9 Å². The van der Waals surface area contributed by atoms with Crippen molar-refractivity contribution >= 4 is 34.0 Å². The number of ether oxygens (including phenoxy) is 1. The Labute approximate surface area is 161 Å². The van der Waals surface area contributed by atoms with Crippen LogP contribution in [0, 0.1) is 0 Å². The number of nitrogens with zero attached hydrogens (tertiary/aromatic N) is 1. The van der Waals surface area contributed by atoms with Crippen LogP contribution in [0.25, 0.3) is 22.0 Å². The molecule has 0 atom stereocenters. The molecule has 0 radical (unpaired) electrons. The van der Waals surface area contributed by atoms with E-state index in [4.69, 9.17) is 4.74 Å². The highest BCUT2D eigenvalue weighted by Gasteiger charge is 2.11. The van der Waals surface area contributed by atoms with Crippen molar-refractivity contribution in [2.75, 3.05) is 11.9 Å². The molecule has 0 bridgehead atoms. The molecule has 4 rings (SSSR count). The minimum absolute atomic E-state index is 0.0701. The first kappa shape index (κ1) is 17.3. The maximum Gasteiger partial charge on any atom is 0.230 e.